The Kier molecular flexibility index (Phi) is 12.2. The van der Waals surface area contributed by atoms with Crippen molar-refractivity contribution in [3.05, 3.63) is 52.7 Å². The van der Waals surface area contributed by atoms with E-state index in [1.54, 1.807) is 0 Å². The molecule has 4 rings (SSSR count). The number of nitrogens with zero attached hydrogens (tertiary/aromatic N) is 2. The monoisotopic (exact) mass is 483 g/mol. The lowest BCUT2D eigenvalue weighted by Crippen LogP contribution is -2.28. The van der Waals surface area contributed by atoms with Gasteiger partial charge in [0.25, 0.3) is 0 Å². The van der Waals surface area contributed by atoms with Crippen molar-refractivity contribution in [1.82, 2.24) is 9.97 Å². The van der Waals surface area contributed by atoms with E-state index in [2.05, 4.69) is 22.2 Å². The first-order valence-electron chi connectivity index (χ1n) is 11.7. The first-order valence-corrected chi connectivity index (χ1v) is 11.7. The van der Waals surface area contributed by atoms with Crippen molar-refractivity contribution in [3.8, 4) is 0 Å². The van der Waals surface area contributed by atoms with Gasteiger partial charge in [0, 0.05) is 22.9 Å². The highest BCUT2D eigenvalue weighted by atomic mass is 19.4. The third-order valence-corrected chi connectivity index (χ3v) is 5.80. The Labute approximate surface area is 200 Å². The second-order valence-electron chi connectivity index (χ2n) is 8.30. The summed E-state index contributed by atoms with van der Waals surface area (Å²) in [6, 6.07) is 5.61. The molecule has 0 bridgehead atoms. The summed E-state index contributed by atoms with van der Waals surface area (Å²) in [5.74, 6) is -0.180. The molecule has 1 heterocycles. The summed E-state index contributed by atoms with van der Waals surface area (Å²) in [4.78, 5) is 17.6. The van der Waals surface area contributed by atoms with Crippen molar-refractivity contribution in [2.75, 3.05) is 5.32 Å². The maximum absolute atomic E-state index is 13.0. The van der Waals surface area contributed by atoms with Crippen molar-refractivity contribution in [3.63, 3.8) is 0 Å². The first kappa shape index (κ1) is 29.5. The molecule has 0 unspecified atom stereocenters. The summed E-state index contributed by atoms with van der Waals surface area (Å²) in [5.41, 5.74) is 1.98. The lowest BCUT2D eigenvalue weighted by Gasteiger charge is -2.29. The largest absolute Gasteiger partial charge is 0.451 e. The highest BCUT2D eigenvalue weighted by Crippen LogP contribution is 2.33. The number of aldehydes is 1. The minimum Gasteiger partial charge on any atom is -0.367 e. The highest BCUT2D eigenvalue weighted by Gasteiger charge is 2.37. The van der Waals surface area contributed by atoms with Crippen LogP contribution in [-0.2, 0) is 19.0 Å². The molecule has 1 saturated carbocycles. The quantitative estimate of drug-likeness (QED) is 0.360. The van der Waals surface area contributed by atoms with Crippen molar-refractivity contribution in [1.29, 1.82) is 0 Å². The summed E-state index contributed by atoms with van der Waals surface area (Å²) in [5, 5.41) is 3.29. The molecule has 8 heteroatoms. The molecule has 0 aliphatic heterocycles. The minimum atomic E-state index is -4.48. The second-order valence-corrected chi connectivity index (χ2v) is 8.30. The molecule has 0 radical (unpaired) electrons. The van der Waals surface area contributed by atoms with E-state index in [9.17, 15) is 22.4 Å². The summed E-state index contributed by atoms with van der Waals surface area (Å²) < 4.78 is 51.2. The molecule has 4 nitrogen and oxygen atoms in total. The first-order chi connectivity index (χ1) is 15.8. The number of aromatic nitrogens is 2. The Morgan fingerprint density at radius 2 is 1.56 bits per heavy atom. The van der Waals surface area contributed by atoms with Gasteiger partial charge in [-0.3, -0.25) is 4.79 Å². The molecule has 1 aromatic carbocycles. The Morgan fingerprint density at radius 1 is 0.971 bits per heavy atom. The average molecular weight is 484 g/mol. The third-order valence-electron chi connectivity index (χ3n) is 5.80. The lowest BCUT2D eigenvalue weighted by atomic mass is 9.87. The van der Waals surface area contributed by atoms with Crippen molar-refractivity contribution in [2.24, 2.45) is 5.92 Å². The number of alkyl halides is 3. The number of hydrogen-bond donors (Lipinski definition) is 1. The Bertz CT molecular complexity index is 877. The molecular weight excluding hydrogens is 446 g/mol. The summed E-state index contributed by atoms with van der Waals surface area (Å²) in [6.07, 6.45) is 3.75. The van der Waals surface area contributed by atoms with Gasteiger partial charge in [0.2, 0.25) is 5.82 Å². The fourth-order valence-corrected chi connectivity index (χ4v) is 3.98. The molecular formula is C26H37F4N3O. The zero-order valence-electron chi connectivity index (χ0n) is 19.5. The number of halogens is 4. The highest BCUT2D eigenvalue weighted by molar-refractivity contribution is 5.74. The topological polar surface area (TPSA) is 54.9 Å². The van der Waals surface area contributed by atoms with E-state index >= 15 is 0 Å². The van der Waals surface area contributed by atoms with E-state index in [0.29, 0.717) is 35.7 Å². The van der Waals surface area contributed by atoms with Crippen LogP contribution in [0.4, 0.5) is 23.4 Å². The number of anilines is 1. The van der Waals surface area contributed by atoms with E-state index in [0.717, 1.165) is 50.5 Å². The lowest BCUT2D eigenvalue weighted by molar-refractivity contribution is -0.145. The average Bonchev–Trinajstić information content (AvgIpc) is 2.82. The Balaban J connectivity index is 0.000000407. The molecule has 0 amide bonds. The van der Waals surface area contributed by atoms with Gasteiger partial charge in [0.05, 0.1) is 0 Å². The van der Waals surface area contributed by atoms with Gasteiger partial charge < -0.3 is 5.32 Å². The number of carbonyl (C=O) groups is 1. The van der Waals surface area contributed by atoms with E-state index in [1.165, 1.54) is 24.3 Å². The molecule has 1 fully saturated rings. The van der Waals surface area contributed by atoms with Crippen LogP contribution in [0.1, 0.15) is 94.2 Å². The molecule has 0 saturated heterocycles. The van der Waals surface area contributed by atoms with Crippen LogP contribution >= 0.6 is 0 Å². The maximum atomic E-state index is 13.0. The van der Waals surface area contributed by atoms with Crippen molar-refractivity contribution < 1.29 is 22.4 Å². The maximum Gasteiger partial charge on any atom is 0.451 e. The number of aryl methyl sites for hydroxylation is 1. The number of carbonyl (C=O) groups excluding carboxylic acids is 1. The molecule has 1 aromatic heterocycles. The van der Waals surface area contributed by atoms with Crippen LogP contribution in [0.5, 0.6) is 0 Å². The van der Waals surface area contributed by atoms with Crippen LogP contribution in [0.15, 0.2) is 24.3 Å². The number of nitrogens with one attached hydrogen (secondary N) is 1. The van der Waals surface area contributed by atoms with E-state index in [1.807, 2.05) is 13.8 Å². The molecule has 1 N–H and O–H groups in total. The normalized spacial score (nSPS) is 19.1. The smallest absolute Gasteiger partial charge is 0.367 e. The Morgan fingerprint density at radius 3 is 2.12 bits per heavy atom. The fraction of sp³-hybridized carbons (Fsp3) is 0.577. The van der Waals surface area contributed by atoms with Gasteiger partial charge in [0.15, 0.2) is 0 Å². The summed E-state index contributed by atoms with van der Waals surface area (Å²) >= 11 is 0. The van der Waals surface area contributed by atoms with E-state index < -0.39 is 12.0 Å². The fourth-order valence-electron chi connectivity index (χ4n) is 3.98. The zero-order chi connectivity index (χ0) is 24.4. The van der Waals surface area contributed by atoms with Gasteiger partial charge in [-0.05, 0) is 81.5 Å². The van der Waals surface area contributed by atoms with Crippen LogP contribution in [0, 0.1) is 11.7 Å². The van der Waals surface area contributed by atoms with Crippen molar-refractivity contribution >= 4 is 12.1 Å². The third kappa shape index (κ3) is 8.69. The molecule has 2 aliphatic carbocycles. The van der Waals surface area contributed by atoms with Gasteiger partial charge in [-0.2, -0.15) is 13.2 Å². The van der Waals surface area contributed by atoms with Gasteiger partial charge in [-0.15, -0.1) is 0 Å². The minimum absolute atomic E-state index is 0. The van der Waals surface area contributed by atoms with Gasteiger partial charge in [-0.25, -0.2) is 14.4 Å². The number of rotatable bonds is 3. The van der Waals surface area contributed by atoms with Gasteiger partial charge in [-0.1, -0.05) is 28.2 Å². The summed E-state index contributed by atoms with van der Waals surface area (Å²) in [7, 11) is 0. The molecule has 0 atom stereocenters. The van der Waals surface area contributed by atoms with Crippen LogP contribution in [0.2, 0.25) is 0 Å². The molecule has 34 heavy (non-hydrogen) atoms. The number of hydrogen-bond acceptors (Lipinski definition) is 4. The predicted octanol–water partition coefficient (Wildman–Crippen LogP) is 7.67. The van der Waals surface area contributed by atoms with Crippen LogP contribution in [-0.4, -0.2) is 22.3 Å². The predicted molar refractivity (Wildman–Crippen MR) is 129 cm³/mol. The van der Waals surface area contributed by atoms with Crippen LogP contribution in [0.3, 0.4) is 0 Å². The standard InChI is InChI=1S/C16H22F3N3.C7H5FO.C2H6.CH4/c1-10-6-8-11(9-7-10)20-14-12-4-2-3-5-13(12)21-15(22-14)16(17,18)19;8-7-3-1-6(5-9)2-4-7;1-2;/h10-11H,2-9H2,1H3,(H,20,21,22);1-5H;1-2H3;1H4. The van der Waals surface area contributed by atoms with E-state index in [4.69, 9.17) is 0 Å². The van der Waals surface area contributed by atoms with E-state index in [-0.39, 0.29) is 19.3 Å². The van der Waals surface area contributed by atoms with Crippen LogP contribution in [0.25, 0.3) is 0 Å². The summed E-state index contributed by atoms with van der Waals surface area (Å²) in [6.45, 7) is 6.23. The SMILES string of the molecule is C.CC.CC1CCC(Nc2nc(C(F)(F)F)nc3c2CCCC3)CC1.O=Cc1ccc(F)cc1. The second kappa shape index (κ2) is 14.0. The molecule has 190 valence electrons. The zero-order valence-corrected chi connectivity index (χ0v) is 19.5. The number of fused-ring (bicyclic) bond motifs is 1. The molecule has 2 aliphatic rings. The number of benzene rings is 1. The van der Waals surface area contributed by atoms with Gasteiger partial charge in [0.1, 0.15) is 17.9 Å². The van der Waals surface area contributed by atoms with Crippen LogP contribution < -0.4 is 5.32 Å². The molecule has 0 spiro atoms. The Hall–Kier alpha value is -2.51. The molecule has 2 aromatic rings. The van der Waals surface area contributed by atoms with Crippen molar-refractivity contribution in [2.45, 2.75) is 91.8 Å². The van der Waals surface area contributed by atoms with Gasteiger partial charge >= 0.3 is 6.18 Å².